The molecule has 0 aromatic carbocycles. The third-order valence-electron chi connectivity index (χ3n) is 5.12. The van der Waals surface area contributed by atoms with Gasteiger partial charge in [-0.05, 0) is 31.2 Å². The number of aromatic nitrogens is 1. The summed E-state index contributed by atoms with van der Waals surface area (Å²) in [5.74, 6) is 1.59. The lowest BCUT2D eigenvalue weighted by atomic mass is 10.0. The van der Waals surface area contributed by atoms with E-state index in [-0.39, 0.29) is 29.5 Å². The summed E-state index contributed by atoms with van der Waals surface area (Å²) in [6.45, 7) is 3.54. The molecule has 2 saturated heterocycles. The molecule has 0 bridgehead atoms. The van der Waals surface area contributed by atoms with Gasteiger partial charge < -0.3 is 9.32 Å². The normalized spacial score (nSPS) is 25.2. The molecule has 2 aliphatic rings. The van der Waals surface area contributed by atoms with Crippen molar-refractivity contribution >= 4 is 15.7 Å². The number of rotatable bonds is 3. The maximum Gasteiger partial charge on any atom is 0.255 e. The van der Waals surface area contributed by atoms with Gasteiger partial charge in [-0.1, -0.05) is 0 Å². The Kier molecular flexibility index (Phi) is 4.32. The van der Waals surface area contributed by atoms with Crippen LogP contribution in [0.3, 0.4) is 0 Å². The van der Waals surface area contributed by atoms with Crippen LogP contribution in [0.1, 0.15) is 21.9 Å². The summed E-state index contributed by atoms with van der Waals surface area (Å²) in [6.07, 6.45) is 3.14. The van der Waals surface area contributed by atoms with Crippen molar-refractivity contribution in [1.29, 1.82) is 0 Å². The smallest absolute Gasteiger partial charge is 0.255 e. The highest BCUT2D eigenvalue weighted by atomic mass is 32.2. The maximum atomic E-state index is 12.9. The Morgan fingerprint density at radius 1 is 1.23 bits per heavy atom. The molecule has 0 spiro atoms. The molecule has 1 amide bonds. The van der Waals surface area contributed by atoms with Crippen LogP contribution in [0.15, 0.2) is 41.1 Å². The van der Waals surface area contributed by atoms with Crippen LogP contribution in [-0.4, -0.2) is 65.8 Å². The fourth-order valence-electron chi connectivity index (χ4n) is 3.90. The van der Waals surface area contributed by atoms with Crippen LogP contribution in [0.2, 0.25) is 0 Å². The molecule has 0 radical (unpaired) electrons. The first-order valence-corrected chi connectivity index (χ1v) is 10.5. The number of pyridine rings is 1. The van der Waals surface area contributed by atoms with E-state index in [4.69, 9.17) is 4.42 Å². The van der Waals surface area contributed by atoms with Crippen LogP contribution in [-0.2, 0) is 16.4 Å². The fourth-order valence-corrected chi connectivity index (χ4v) is 5.91. The lowest BCUT2D eigenvalue weighted by Gasteiger charge is -2.43. The largest absolute Gasteiger partial charge is 0.465 e. The molecular weight excluding hydrogens is 354 g/mol. The van der Waals surface area contributed by atoms with Gasteiger partial charge in [0.05, 0.1) is 29.7 Å². The van der Waals surface area contributed by atoms with Crippen molar-refractivity contribution in [1.82, 2.24) is 14.8 Å². The second-order valence-corrected chi connectivity index (χ2v) is 9.09. The van der Waals surface area contributed by atoms with Gasteiger partial charge in [-0.2, -0.15) is 0 Å². The predicted molar refractivity (Wildman–Crippen MR) is 95.4 cm³/mol. The monoisotopic (exact) mass is 375 g/mol. The number of carbonyl (C=O) groups excluding carboxylic acids is 1. The molecule has 4 heterocycles. The molecule has 138 valence electrons. The predicted octanol–water partition coefficient (Wildman–Crippen LogP) is 1.11. The molecule has 7 nitrogen and oxygen atoms in total. The van der Waals surface area contributed by atoms with Gasteiger partial charge in [0.2, 0.25) is 0 Å². The Morgan fingerprint density at radius 2 is 2.04 bits per heavy atom. The van der Waals surface area contributed by atoms with Crippen LogP contribution in [0.25, 0.3) is 0 Å². The molecule has 2 atom stereocenters. The second kappa shape index (κ2) is 6.51. The quantitative estimate of drug-likeness (QED) is 0.799. The first-order chi connectivity index (χ1) is 12.4. The summed E-state index contributed by atoms with van der Waals surface area (Å²) in [7, 11) is -3.18. The molecule has 0 saturated carbocycles. The van der Waals surface area contributed by atoms with E-state index in [1.165, 1.54) is 6.20 Å². The zero-order chi connectivity index (χ0) is 18.3. The minimum absolute atomic E-state index is 0.0113. The topological polar surface area (TPSA) is 83.7 Å². The molecule has 26 heavy (non-hydrogen) atoms. The second-order valence-electron chi connectivity index (χ2n) is 6.93. The highest BCUT2D eigenvalue weighted by molar-refractivity contribution is 7.91. The Bertz CT molecular complexity index is 910. The highest BCUT2D eigenvalue weighted by Gasteiger charge is 2.48. The molecule has 0 N–H and O–H groups in total. The summed E-state index contributed by atoms with van der Waals surface area (Å²) in [6, 6.07) is 6.70. The number of aryl methyl sites for hydroxylation is 1. The SMILES string of the molecule is Cc1ccc(CN2CCN(C(=O)c3cccnc3)[C@@H]3CS(=O)(=O)C[C@@H]32)o1. The fraction of sp³-hybridized carbons (Fsp3) is 0.444. The van der Waals surface area contributed by atoms with Crippen LogP contribution < -0.4 is 0 Å². The van der Waals surface area contributed by atoms with E-state index in [1.807, 2.05) is 19.1 Å². The van der Waals surface area contributed by atoms with Crippen molar-refractivity contribution in [3.8, 4) is 0 Å². The molecule has 4 rings (SSSR count). The van der Waals surface area contributed by atoms with E-state index in [1.54, 1.807) is 23.2 Å². The van der Waals surface area contributed by atoms with Crippen LogP contribution in [0.4, 0.5) is 0 Å². The van der Waals surface area contributed by atoms with Crippen LogP contribution in [0, 0.1) is 6.92 Å². The van der Waals surface area contributed by atoms with Gasteiger partial charge >= 0.3 is 0 Å². The first kappa shape index (κ1) is 17.2. The Labute approximate surface area is 152 Å². The highest BCUT2D eigenvalue weighted by Crippen LogP contribution is 2.29. The third-order valence-corrected chi connectivity index (χ3v) is 6.81. The van der Waals surface area contributed by atoms with E-state index in [0.717, 1.165) is 11.5 Å². The summed E-state index contributed by atoms with van der Waals surface area (Å²) in [4.78, 5) is 20.7. The lowest BCUT2D eigenvalue weighted by molar-refractivity contribution is 0.0284. The molecule has 8 heteroatoms. The number of piperazine rings is 1. The summed E-state index contributed by atoms with van der Waals surface area (Å²) >= 11 is 0. The number of nitrogens with zero attached hydrogens (tertiary/aromatic N) is 3. The van der Waals surface area contributed by atoms with Crippen molar-refractivity contribution in [3.63, 3.8) is 0 Å². The average Bonchev–Trinajstić information content (AvgIpc) is 3.17. The maximum absolute atomic E-state index is 12.9. The van der Waals surface area contributed by atoms with Gasteiger partial charge in [-0.3, -0.25) is 14.7 Å². The van der Waals surface area contributed by atoms with E-state index in [9.17, 15) is 13.2 Å². The summed E-state index contributed by atoms with van der Waals surface area (Å²) in [5, 5.41) is 0. The number of sulfone groups is 1. The van der Waals surface area contributed by atoms with E-state index < -0.39 is 9.84 Å². The van der Waals surface area contributed by atoms with Crippen LogP contribution in [0.5, 0.6) is 0 Å². The Balaban J connectivity index is 1.58. The summed E-state index contributed by atoms with van der Waals surface area (Å²) in [5.41, 5.74) is 0.491. The first-order valence-electron chi connectivity index (χ1n) is 8.64. The zero-order valence-corrected chi connectivity index (χ0v) is 15.4. The standard InChI is InChI=1S/C18H21N3O4S/c1-13-4-5-15(25-13)10-20-7-8-21(17-12-26(23,24)11-16(17)20)18(22)14-3-2-6-19-9-14/h2-6,9,16-17H,7-8,10-12H2,1H3/t16-,17+/m0/s1. The molecule has 0 aliphatic carbocycles. The number of hydrogen-bond donors (Lipinski definition) is 0. The minimum atomic E-state index is -3.18. The van der Waals surface area contributed by atoms with Gasteiger partial charge in [0.15, 0.2) is 9.84 Å². The summed E-state index contributed by atoms with van der Waals surface area (Å²) < 4.78 is 30.3. The van der Waals surface area contributed by atoms with Gasteiger partial charge in [0, 0.05) is 31.5 Å². The average molecular weight is 375 g/mol. The molecule has 2 fully saturated rings. The van der Waals surface area contributed by atoms with Crippen molar-refractivity contribution in [3.05, 3.63) is 53.7 Å². The third kappa shape index (κ3) is 3.26. The van der Waals surface area contributed by atoms with Gasteiger partial charge in [-0.15, -0.1) is 0 Å². The number of carbonyl (C=O) groups is 1. The van der Waals surface area contributed by atoms with E-state index in [0.29, 0.717) is 25.2 Å². The number of hydrogen-bond acceptors (Lipinski definition) is 6. The molecule has 0 unspecified atom stereocenters. The Hall–Kier alpha value is -2.19. The van der Waals surface area contributed by atoms with Crippen molar-refractivity contribution in [2.45, 2.75) is 25.6 Å². The van der Waals surface area contributed by atoms with Crippen molar-refractivity contribution in [2.24, 2.45) is 0 Å². The van der Waals surface area contributed by atoms with Gasteiger partial charge in [-0.25, -0.2) is 8.42 Å². The molecular formula is C18H21N3O4S. The van der Waals surface area contributed by atoms with Crippen molar-refractivity contribution < 1.29 is 17.6 Å². The van der Waals surface area contributed by atoms with Crippen LogP contribution >= 0.6 is 0 Å². The number of amides is 1. The lowest BCUT2D eigenvalue weighted by Crippen LogP contribution is -2.60. The van der Waals surface area contributed by atoms with Crippen molar-refractivity contribution in [2.75, 3.05) is 24.6 Å². The van der Waals surface area contributed by atoms with Gasteiger partial charge in [0.25, 0.3) is 5.91 Å². The van der Waals surface area contributed by atoms with Gasteiger partial charge in [0.1, 0.15) is 11.5 Å². The number of fused-ring (bicyclic) bond motifs is 1. The molecule has 2 aromatic heterocycles. The molecule has 2 aromatic rings. The minimum Gasteiger partial charge on any atom is -0.465 e. The van der Waals surface area contributed by atoms with E-state index >= 15 is 0 Å². The zero-order valence-electron chi connectivity index (χ0n) is 14.5. The van der Waals surface area contributed by atoms with E-state index in [2.05, 4.69) is 9.88 Å². The molecule has 2 aliphatic heterocycles. The Morgan fingerprint density at radius 3 is 2.73 bits per heavy atom. The number of furan rings is 1.